The lowest BCUT2D eigenvalue weighted by molar-refractivity contribution is -0.139. The molecular formula is C26H32F3N3O4. The van der Waals surface area contributed by atoms with Gasteiger partial charge in [0.2, 0.25) is 0 Å². The zero-order chi connectivity index (χ0) is 26.9. The van der Waals surface area contributed by atoms with Crippen molar-refractivity contribution in [2.45, 2.75) is 71.8 Å². The van der Waals surface area contributed by atoms with Crippen molar-refractivity contribution in [2.75, 3.05) is 6.61 Å². The summed E-state index contributed by atoms with van der Waals surface area (Å²) >= 11 is 0. The molecule has 1 atom stereocenters. The van der Waals surface area contributed by atoms with E-state index in [2.05, 4.69) is 15.6 Å². The molecule has 0 spiro atoms. The van der Waals surface area contributed by atoms with Gasteiger partial charge in [-0.2, -0.15) is 13.2 Å². The van der Waals surface area contributed by atoms with E-state index in [-0.39, 0.29) is 41.9 Å². The summed E-state index contributed by atoms with van der Waals surface area (Å²) in [5.74, 6) is -0.625. The highest BCUT2D eigenvalue weighted by molar-refractivity contribution is 6.04. The van der Waals surface area contributed by atoms with Crippen LogP contribution in [-0.4, -0.2) is 34.7 Å². The van der Waals surface area contributed by atoms with Gasteiger partial charge < -0.3 is 20.1 Å². The lowest BCUT2D eigenvalue weighted by Gasteiger charge is -2.33. The molecule has 36 heavy (non-hydrogen) atoms. The number of carbonyl (C=O) groups is 2. The number of alkyl halides is 3. The van der Waals surface area contributed by atoms with Gasteiger partial charge in [-0.15, -0.1) is 0 Å². The predicted octanol–water partition coefficient (Wildman–Crippen LogP) is 5.72. The van der Waals surface area contributed by atoms with Crippen molar-refractivity contribution < 1.29 is 32.2 Å². The van der Waals surface area contributed by atoms with Gasteiger partial charge in [0.05, 0.1) is 28.9 Å². The van der Waals surface area contributed by atoms with Crippen molar-refractivity contribution in [2.24, 2.45) is 5.92 Å². The molecule has 0 radical (unpaired) electrons. The van der Waals surface area contributed by atoms with Gasteiger partial charge in [-0.25, -0.2) is 4.79 Å². The van der Waals surface area contributed by atoms with Crippen LogP contribution in [0.5, 0.6) is 5.75 Å². The number of ether oxygens (including phenoxy) is 2. The third-order valence-corrected chi connectivity index (χ3v) is 5.48. The van der Waals surface area contributed by atoms with Gasteiger partial charge in [-0.05, 0) is 69.4 Å². The average Bonchev–Trinajstić information content (AvgIpc) is 3.10. The lowest BCUT2D eigenvalue weighted by atomic mass is 9.91. The average molecular weight is 508 g/mol. The third-order valence-electron chi connectivity index (χ3n) is 5.48. The largest absolute Gasteiger partial charge is 0.491 e. The van der Waals surface area contributed by atoms with Crippen LogP contribution in [0.25, 0.3) is 11.1 Å². The number of pyridine rings is 1. The fourth-order valence-corrected chi connectivity index (χ4v) is 4.26. The summed E-state index contributed by atoms with van der Waals surface area (Å²) in [6.45, 7) is 10.8. The first kappa shape index (κ1) is 27.3. The summed E-state index contributed by atoms with van der Waals surface area (Å²) in [4.78, 5) is 28.8. The molecule has 0 bridgehead atoms. The van der Waals surface area contributed by atoms with Crippen LogP contribution in [0.2, 0.25) is 0 Å². The number of halogens is 3. The van der Waals surface area contributed by atoms with Crippen molar-refractivity contribution in [3.05, 3.63) is 47.3 Å². The van der Waals surface area contributed by atoms with Crippen LogP contribution in [0, 0.1) is 5.92 Å². The Balaban J connectivity index is 1.91. The third kappa shape index (κ3) is 6.67. The smallest absolute Gasteiger partial charge is 0.419 e. The predicted molar refractivity (Wildman–Crippen MR) is 129 cm³/mol. The summed E-state index contributed by atoms with van der Waals surface area (Å²) in [6, 6.07) is 5.20. The number of amides is 2. The number of fused-ring (bicyclic) bond motifs is 1. The molecule has 10 heteroatoms. The number of benzene rings is 1. The maximum atomic E-state index is 14.1. The van der Waals surface area contributed by atoms with Crippen molar-refractivity contribution in [3.63, 3.8) is 0 Å². The Labute approximate surface area is 208 Å². The van der Waals surface area contributed by atoms with Crippen LogP contribution in [0.15, 0.2) is 30.5 Å². The molecular weight excluding hydrogens is 475 g/mol. The topological polar surface area (TPSA) is 89.5 Å². The second kappa shape index (κ2) is 9.99. The summed E-state index contributed by atoms with van der Waals surface area (Å²) in [6.07, 6.45) is -3.47. The molecule has 1 aromatic heterocycles. The van der Waals surface area contributed by atoms with E-state index in [0.717, 1.165) is 6.07 Å². The van der Waals surface area contributed by atoms with Crippen LogP contribution in [0.4, 0.5) is 18.0 Å². The molecule has 1 aromatic carbocycles. The lowest BCUT2D eigenvalue weighted by Crippen LogP contribution is -2.52. The van der Waals surface area contributed by atoms with Gasteiger partial charge in [-0.1, -0.05) is 19.9 Å². The number of hydrogen-bond acceptors (Lipinski definition) is 5. The number of nitrogens with zero attached hydrogens (tertiary/aromatic N) is 1. The van der Waals surface area contributed by atoms with Crippen LogP contribution >= 0.6 is 0 Å². The van der Waals surface area contributed by atoms with Gasteiger partial charge in [0.15, 0.2) is 0 Å². The first-order valence-electron chi connectivity index (χ1n) is 11.7. The Morgan fingerprint density at radius 3 is 2.47 bits per heavy atom. The maximum Gasteiger partial charge on any atom is 0.419 e. The van der Waals surface area contributed by atoms with E-state index in [1.165, 1.54) is 24.4 Å². The highest BCUT2D eigenvalue weighted by Crippen LogP contribution is 2.40. The summed E-state index contributed by atoms with van der Waals surface area (Å²) in [5.41, 5.74) is -1.34. The van der Waals surface area contributed by atoms with E-state index >= 15 is 0 Å². The minimum Gasteiger partial charge on any atom is -0.491 e. The fraction of sp³-hybridized carbons (Fsp3) is 0.500. The number of nitrogens with one attached hydrogen (secondary N) is 2. The van der Waals surface area contributed by atoms with Gasteiger partial charge in [0, 0.05) is 6.20 Å². The highest BCUT2D eigenvalue weighted by atomic mass is 19.4. The van der Waals surface area contributed by atoms with Gasteiger partial charge >= 0.3 is 12.3 Å². The van der Waals surface area contributed by atoms with Crippen molar-refractivity contribution in [3.8, 4) is 16.9 Å². The van der Waals surface area contributed by atoms with E-state index in [1.807, 2.05) is 13.8 Å². The number of rotatable bonds is 7. The normalized spacial score (nSPS) is 15.2. The molecule has 0 saturated heterocycles. The Bertz CT molecular complexity index is 1140. The van der Waals surface area contributed by atoms with Crippen LogP contribution in [-0.2, 0) is 17.5 Å². The molecule has 1 aliphatic rings. The van der Waals surface area contributed by atoms with E-state index in [1.54, 1.807) is 27.7 Å². The quantitative estimate of drug-likeness (QED) is 0.500. The summed E-state index contributed by atoms with van der Waals surface area (Å²) in [7, 11) is 0. The number of carbonyl (C=O) groups excluding carboxylic acids is 2. The van der Waals surface area contributed by atoms with Crippen molar-refractivity contribution >= 4 is 12.0 Å². The molecule has 1 aliphatic heterocycles. The summed E-state index contributed by atoms with van der Waals surface area (Å²) in [5, 5.41) is 5.40. The number of aromatic nitrogens is 1. The number of alkyl carbamates (subject to hydrolysis) is 1. The maximum absolute atomic E-state index is 14.1. The van der Waals surface area contributed by atoms with Crippen LogP contribution in [0.1, 0.15) is 69.6 Å². The molecule has 2 N–H and O–H groups in total. The van der Waals surface area contributed by atoms with E-state index in [0.29, 0.717) is 17.7 Å². The first-order valence-corrected chi connectivity index (χ1v) is 11.7. The second-order valence-corrected chi connectivity index (χ2v) is 10.6. The molecule has 7 nitrogen and oxygen atoms in total. The zero-order valence-corrected chi connectivity index (χ0v) is 21.3. The van der Waals surface area contributed by atoms with E-state index in [4.69, 9.17) is 9.47 Å². The molecule has 2 aromatic rings. The van der Waals surface area contributed by atoms with Crippen LogP contribution in [0.3, 0.4) is 0 Å². The molecule has 0 saturated carbocycles. The minimum atomic E-state index is -4.71. The van der Waals surface area contributed by atoms with Gasteiger partial charge in [-0.3, -0.25) is 9.78 Å². The van der Waals surface area contributed by atoms with Gasteiger partial charge in [0.25, 0.3) is 5.91 Å². The molecule has 0 fully saturated rings. The fourth-order valence-electron chi connectivity index (χ4n) is 4.26. The zero-order valence-electron chi connectivity index (χ0n) is 21.3. The SMILES string of the molecule is CC(C)CC(C)(COc1ccc(-c2ccnc3c2C(=O)NC3)cc1C(F)(F)F)NC(=O)OC(C)(C)C. The minimum absolute atomic E-state index is 0.123. The standard InChI is InChI=1S/C26H32F3N3O4/c1-15(2)12-25(6,32-23(34)36-24(3,4)5)14-35-20-8-7-16(11-18(20)26(27,28)29)17-9-10-30-19-13-31-22(33)21(17)19/h7-11,15H,12-14H2,1-6H3,(H,31,33)(H,32,34). The Hall–Kier alpha value is -3.30. The molecule has 2 heterocycles. The molecule has 1 unspecified atom stereocenters. The highest BCUT2D eigenvalue weighted by Gasteiger charge is 2.37. The monoisotopic (exact) mass is 507 g/mol. The van der Waals surface area contributed by atoms with Crippen LogP contribution < -0.4 is 15.4 Å². The molecule has 0 aliphatic carbocycles. The van der Waals surface area contributed by atoms with E-state index < -0.39 is 29.0 Å². The molecule has 2 amide bonds. The van der Waals surface area contributed by atoms with E-state index in [9.17, 15) is 22.8 Å². The summed E-state index contributed by atoms with van der Waals surface area (Å²) < 4.78 is 53.2. The number of hydrogen-bond donors (Lipinski definition) is 2. The molecule has 196 valence electrons. The first-order chi connectivity index (χ1) is 16.6. The Morgan fingerprint density at radius 2 is 1.86 bits per heavy atom. The second-order valence-electron chi connectivity index (χ2n) is 10.6. The molecule has 3 rings (SSSR count). The Kier molecular flexibility index (Phi) is 7.57. The van der Waals surface area contributed by atoms with Crippen molar-refractivity contribution in [1.82, 2.24) is 15.6 Å². The Morgan fingerprint density at radius 1 is 1.17 bits per heavy atom. The van der Waals surface area contributed by atoms with Crippen molar-refractivity contribution in [1.29, 1.82) is 0 Å². The van der Waals surface area contributed by atoms with Gasteiger partial charge in [0.1, 0.15) is 18.0 Å².